The molecule has 0 N–H and O–H groups in total. The van der Waals surface area contributed by atoms with E-state index in [1.807, 2.05) is 43.2 Å². The van der Waals surface area contributed by atoms with Gasteiger partial charge in [0.05, 0.1) is 29.9 Å². The Labute approximate surface area is 138 Å². The molecule has 0 radical (unpaired) electrons. The summed E-state index contributed by atoms with van der Waals surface area (Å²) in [7, 11) is 5.41. The normalized spacial score (nSPS) is 11.1. The molecule has 0 aliphatic carbocycles. The highest BCUT2D eigenvalue weighted by Crippen LogP contribution is 2.34. The van der Waals surface area contributed by atoms with Crippen LogP contribution in [0.2, 0.25) is 0 Å². The zero-order valence-corrected chi connectivity index (χ0v) is 13.6. The largest absolute Gasteiger partial charge is 0.480 e. The molecule has 4 heterocycles. The molecule has 4 rings (SSSR count). The number of nitrogens with zero attached hydrogens (tertiary/aromatic N) is 6. The first-order chi connectivity index (χ1) is 11.7. The molecule has 0 saturated carbocycles. The van der Waals surface area contributed by atoms with Gasteiger partial charge in [0.1, 0.15) is 5.69 Å². The summed E-state index contributed by atoms with van der Waals surface area (Å²) in [5.41, 5.74) is 4.56. The van der Waals surface area contributed by atoms with Crippen molar-refractivity contribution in [2.75, 3.05) is 7.11 Å². The number of fused-ring (bicyclic) bond motifs is 1. The zero-order chi connectivity index (χ0) is 16.7. The van der Waals surface area contributed by atoms with Crippen molar-refractivity contribution in [3.05, 3.63) is 43.0 Å². The molecule has 4 aromatic rings. The second kappa shape index (κ2) is 5.45. The highest BCUT2D eigenvalue weighted by atomic mass is 16.5. The predicted octanol–water partition coefficient (Wildman–Crippen LogP) is 2.44. The monoisotopic (exact) mass is 320 g/mol. The van der Waals surface area contributed by atoms with Crippen molar-refractivity contribution in [3.8, 4) is 28.4 Å². The van der Waals surface area contributed by atoms with Crippen LogP contribution >= 0.6 is 0 Å². The lowest BCUT2D eigenvalue weighted by Crippen LogP contribution is -1.90. The van der Waals surface area contributed by atoms with Crippen LogP contribution in [0.4, 0.5) is 0 Å². The fourth-order valence-electron chi connectivity index (χ4n) is 2.83. The molecule has 0 aromatic carbocycles. The molecule has 120 valence electrons. The minimum absolute atomic E-state index is 0.565. The second-order valence-electron chi connectivity index (χ2n) is 5.52. The highest BCUT2D eigenvalue weighted by Gasteiger charge is 2.17. The third kappa shape index (κ3) is 2.21. The van der Waals surface area contributed by atoms with Crippen LogP contribution in [0.5, 0.6) is 5.88 Å². The summed E-state index contributed by atoms with van der Waals surface area (Å²) in [5, 5.41) is 9.75. The molecular formula is C17H16N6O. The maximum Gasteiger partial charge on any atom is 0.224 e. The van der Waals surface area contributed by atoms with E-state index in [9.17, 15) is 0 Å². The highest BCUT2D eigenvalue weighted by molar-refractivity contribution is 5.97. The van der Waals surface area contributed by atoms with Gasteiger partial charge in [-0.3, -0.25) is 14.3 Å². The Bertz CT molecular complexity index is 1030. The summed E-state index contributed by atoms with van der Waals surface area (Å²) in [5.74, 6) is 0.565. The SMILES string of the molecule is COc1nccc2c1c(-c1ccnc(-c3cnn(C)c3)c1)nn2C. The number of hydrogen-bond acceptors (Lipinski definition) is 5. The van der Waals surface area contributed by atoms with Crippen molar-refractivity contribution in [1.29, 1.82) is 0 Å². The van der Waals surface area contributed by atoms with E-state index in [1.165, 1.54) is 0 Å². The van der Waals surface area contributed by atoms with E-state index < -0.39 is 0 Å². The maximum absolute atomic E-state index is 5.43. The number of ether oxygens (including phenoxy) is 1. The van der Waals surface area contributed by atoms with Crippen molar-refractivity contribution in [3.63, 3.8) is 0 Å². The third-order valence-electron chi connectivity index (χ3n) is 3.96. The number of aryl methyl sites for hydroxylation is 2. The second-order valence-corrected chi connectivity index (χ2v) is 5.52. The number of methoxy groups -OCH3 is 1. The van der Waals surface area contributed by atoms with Crippen molar-refractivity contribution < 1.29 is 4.74 Å². The van der Waals surface area contributed by atoms with E-state index >= 15 is 0 Å². The zero-order valence-electron chi connectivity index (χ0n) is 13.6. The van der Waals surface area contributed by atoms with Gasteiger partial charge in [-0.25, -0.2) is 4.98 Å². The molecular weight excluding hydrogens is 304 g/mol. The van der Waals surface area contributed by atoms with Crippen LogP contribution in [0.3, 0.4) is 0 Å². The fourth-order valence-corrected chi connectivity index (χ4v) is 2.83. The van der Waals surface area contributed by atoms with E-state index in [-0.39, 0.29) is 0 Å². The molecule has 0 bridgehead atoms. The van der Waals surface area contributed by atoms with Crippen molar-refractivity contribution >= 4 is 10.9 Å². The van der Waals surface area contributed by atoms with Crippen molar-refractivity contribution in [2.45, 2.75) is 0 Å². The van der Waals surface area contributed by atoms with Gasteiger partial charge in [0.25, 0.3) is 0 Å². The van der Waals surface area contributed by atoms with Gasteiger partial charge in [-0.05, 0) is 18.2 Å². The molecule has 0 unspecified atom stereocenters. The van der Waals surface area contributed by atoms with Crippen molar-refractivity contribution in [2.24, 2.45) is 14.1 Å². The Hall–Kier alpha value is -3.22. The maximum atomic E-state index is 5.43. The Balaban J connectivity index is 1.92. The summed E-state index contributed by atoms with van der Waals surface area (Å²) in [4.78, 5) is 8.75. The summed E-state index contributed by atoms with van der Waals surface area (Å²) < 4.78 is 9.02. The number of aromatic nitrogens is 6. The van der Waals surface area contributed by atoms with Crippen molar-refractivity contribution in [1.82, 2.24) is 29.5 Å². The molecule has 7 heteroatoms. The smallest absolute Gasteiger partial charge is 0.224 e. The Kier molecular flexibility index (Phi) is 3.26. The van der Waals surface area contributed by atoms with Crippen LogP contribution in [-0.4, -0.2) is 36.6 Å². The van der Waals surface area contributed by atoms with E-state index in [4.69, 9.17) is 4.74 Å². The van der Waals surface area contributed by atoms with E-state index in [2.05, 4.69) is 20.2 Å². The lowest BCUT2D eigenvalue weighted by Gasteiger charge is -2.04. The first-order valence-corrected chi connectivity index (χ1v) is 7.48. The van der Waals surface area contributed by atoms with E-state index in [0.29, 0.717) is 5.88 Å². The first-order valence-electron chi connectivity index (χ1n) is 7.48. The van der Waals surface area contributed by atoms with Gasteiger partial charge >= 0.3 is 0 Å². The number of rotatable bonds is 3. The van der Waals surface area contributed by atoms with E-state index in [0.717, 1.165) is 33.4 Å². The summed E-state index contributed by atoms with van der Waals surface area (Å²) in [6, 6.07) is 5.87. The van der Waals surface area contributed by atoms with Crippen LogP contribution in [0.25, 0.3) is 33.4 Å². The van der Waals surface area contributed by atoms with Gasteiger partial charge in [-0.15, -0.1) is 0 Å². The van der Waals surface area contributed by atoms with Crippen LogP contribution in [0, 0.1) is 0 Å². The molecule has 0 fully saturated rings. The fraction of sp³-hybridized carbons (Fsp3) is 0.176. The molecule has 24 heavy (non-hydrogen) atoms. The molecule has 0 atom stereocenters. The quantitative estimate of drug-likeness (QED) is 0.580. The lowest BCUT2D eigenvalue weighted by molar-refractivity contribution is 0.403. The predicted molar refractivity (Wildman–Crippen MR) is 90.5 cm³/mol. The Morgan fingerprint density at radius 1 is 1.04 bits per heavy atom. The topological polar surface area (TPSA) is 70.7 Å². The molecule has 0 spiro atoms. The number of pyridine rings is 2. The summed E-state index contributed by atoms with van der Waals surface area (Å²) in [6.45, 7) is 0. The molecule has 0 amide bonds. The van der Waals surface area contributed by atoms with Crippen LogP contribution in [0.15, 0.2) is 43.0 Å². The minimum atomic E-state index is 0.565. The molecule has 0 saturated heterocycles. The van der Waals surface area contributed by atoms with Gasteiger partial charge in [-0.1, -0.05) is 0 Å². The van der Waals surface area contributed by atoms with E-state index in [1.54, 1.807) is 30.4 Å². The van der Waals surface area contributed by atoms with Gasteiger partial charge in [0.2, 0.25) is 5.88 Å². The minimum Gasteiger partial charge on any atom is -0.480 e. The Morgan fingerprint density at radius 3 is 2.62 bits per heavy atom. The third-order valence-corrected chi connectivity index (χ3v) is 3.96. The van der Waals surface area contributed by atoms with Gasteiger partial charge < -0.3 is 4.74 Å². The molecule has 0 aliphatic rings. The van der Waals surface area contributed by atoms with Crippen LogP contribution in [0.1, 0.15) is 0 Å². The summed E-state index contributed by atoms with van der Waals surface area (Å²) >= 11 is 0. The van der Waals surface area contributed by atoms with Crippen LogP contribution in [-0.2, 0) is 14.1 Å². The van der Waals surface area contributed by atoms with Gasteiger partial charge in [-0.2, -0.15) is 10.2 Å². The number of hydrogen-bond donors (Lipinski definition) is 0. The van der Waals surface area contributed by atoms with Crippen LogP contribution < -0.4 is 4.74 Å². The average molecular weight is 320 g/mol. The molecule has 4 aromatic heterocycles. The van der Waals surface area contributed by atoms with Gasteiger partial charge in [0, 0.05) is 43.8 Å². The first kappa shape index (κ1) is 14.4. The Morgan fingerprint density at radius 2 is 1.88 bits per heavy atom. The molecule has 0 aliphatic heterocycles. The van der Waals surface area contributed by atoms with Gasteiger partial charge in [0.15, 0.2) is 0 Å². The lowest BCUT2D eigenvalue weighted by atomic mass is 10.1. The molecule has 7 nitrogen and oxygen atoms in total. The average Bonchev–Trinajstić information content (AvgIpc) is 3.19. The summed E-state index contributed by atoms with van der Waals surface area (Å²) in [6.07, 6.45) is 7.23. The standard InChI is InChI=1S/C17H16N6O/c1-22-10-12(9-20-22)13-8-11(4-6-18-13)16-15-14(23(2)21-16)5-7-19-17(15)24-3/h4-10H,1-3H3.